The Morgan fingerprint density at radius 2 is 1.93 bits per heavy atom. The van der Waals surface area contributed by atoms with Crippen LogP contribution in [0.2, 0.25) is 0 Å². The van der Waals surface area contributed by atoms with Crippen molar-refractivity contribution in [2.45, 2.75) is 38.5 Å². The third-order valence-electron chi connectivity index (χ3n) is 6.23. The largest absolute Gasteiger partial charge is 0.381 e. The van der Waals surface area contributed by atoms with Crippen molar-refractivity contribution in [2.75, 3.05) is 24.7 Å². The summed E-state index contributed by atoms with van der Waals surface area (Å²) in [5.74, 6) is -0.0290. The minimum Gasteiger partial charge on any atom is -0.381 e. The summed E-state index contributed by atoms with van der Waals surface area (Å²) >= 11 is 0. The van der Waals surface area contributed by atoms with Crippen molar-refractivity contribution < 1.29 is 13.9 Å². The molecule has 0 bridgehead atoms. The van der Waals surface area contributed by atoms with Crippen molar-refractivity contribution in [2.24, 2.45) is 5.92 Å². The molecule has 1 saturated heterocycles. The summed E-state index contributed by atoms with van der Waals surface area (Å²) < 4.78 is 19.3. The molecule has 0 aliphatic carbocycles. The maximum Gasteiger partial charge on any atom is 0.229 e. The van der Waals surface area contributed by atoms with E-state index in [9.17, 15) is 9.18 Å². The lowest BCUT2D eigenvalue weighted by molar-refractivity contribution is -0.122. The number of fused-ring (bicyclic) bond motifs is 2. The maximum absolute atomic E-state index is 13.7. The van der Waals surface area contributed by atoms with Crippen molar-refractivity contribution >= 4 is 11.6 Å². The molecule has 2 heterocycles. The molecule has 0 saturated carbocycles. The Morgan fingerprint density at radius 3 is 2.63 bits per heavy atom. The van der Waals surface area contributed by atoms with Crippen LogP contribution in [-0.2, 0) is 14.9 Å². The molecule has 3 nitrogen and oxygen atoms in total. The molecule has 4 rings (SSSR count). The van der Waals surface area contributed by atoms with E-state index in [2.05, 4.69) is 13.0 Å². The minimum absolute atomic E-state index is 0.00994. The maximum atomic E-state index is 13.7. The molecular formula is C23H26FNO2. The number of amides is 1. The van der Waals surface area contributed by atoms with Gasteiger partial charge in [0.2, 0.25) is 5.91 Å². The van der Waals surface area contributed by atoms with E-state index in [-0.39, 0.29) is 23.1 Å². The Labute approximate surface area is 160 Å². The fraction of sp³-hybridized carbons (Fsp3) is 0.435. The molecule has 4 heteroatoms. The lowest BCUT2D eigenvalue weighted by atomic mass is 9.75. The summed E-state index contributed by atoms with van der Waals surface area (Å²) in [7, 11) is 0. The van der Waals surface area contributed by atoms with E-state index in [0.717, 1.165) is 55.8 Å². The van der Waals surface area contributed by atoms with Gasteiger partial charge in [0.1, 0.15) is 5.82 Å². The van der Waals surface area contributed by atoms with Gasteiger partial charge in [-0.1, -0.05) is 32.0 Å². The van der Waals surface area contributed by atoms with Crippen LogP contribution < -0.4 is 4.90 Å². The van der Waals surface area contributed by atoms with Crippen LogP contribution in [0.25, 0.3) is 11.1 Å². The van der Waals surface area contributed by atoms with E-state index in [1.165, 1.54) is 11.6 Å². The van der Waals surface area contributed by atoms with Gasteiger partial charge in [-0.3, -0.25) is 4.79 Å². The highest BCUT2D eigenvalue weighted by Crippen LogP contribution is 2.48. The number of carbonyl (C=O) groups excluding carboxylic acids is 1. The van der Waals surface area contributed by atoms with Crippen LogP contribution in [0.15, 0.2) is 42.5 Å². The van der Waals surface area contributed by atoms with E-state index in [0.29, 0.717) is 0 Å². The van der Waals surface area contributed by atoms with Crippen LogP contribution >= 0.6 is 0 Å². The highest BCUT2D eigenvalue weighted by atomic mass is 19.1. The highest BCUT2D eigenvalue weighted by molar-refractivity contribution is 5.98. The van der Waals surface area contributed by atoms with E-state index in [4.69, 9.17) is 4.74 Å². The second kappa shape index (κ2) is 7.08. The number of benzene rings is 2. The zero-order valence-electron chi connectivity index (χ0n) is 16.0. The molecule has 0 N–H and O–H groups in total. The molecule has 0 unspecified atom stereocenters. The third-order valence-corrected chi connectivity index (χ3v) is 6.23. The van der Waals surface area contributed by atoms with Gasteiger partial charge in [-0.25, -0.2) is 4.39 Å². The van der Waals surface area contributed by atoms with Crippen LogP contribution in [0.5, 0.6) is 0 Å². The number of ether oxygens (including phenoxy) is 1. The molecule has 0 aromatic heterocycles. The van der Waals surface area contributed by atoms with Gasteiger partial charge in [0.25, 0.3) is 0 Å². The summed E-state index contributed by atoms with van der Waals surface area (Å²) in [6.45, 7) is 6.21. The number of halogens is 1. The first kappa shape index (κ1) is 18.2. The second-order valence-electron chi connectivity index (χ2n) is 7.87. The molecule has 2 aliphatic rings. The summed E-state index contributed by atoms with van der Waals surface area (Å²) in [5.41, 5.74) is 4.04. The van der Waals surface area contributed by atoms with Crippen LogP contribution in [-0.4, -0.2) is 25.7 Å². The van der Waals surface area contributed by atoms with Crippen LogP contribution in [0.4, 0.5) is 10.1 Å². The van der Waals surface area contributed by atoms with Gasteiger partial charge < -0.3 is 9.64 Å². The Morgan fingerprint density at radius 1 is 1.19 bits per heavy atom. The molecular weight excluding hydrogens is 341 g/mol. The number of anilines is 1. The summed E-state index contributed by atoms with van der Waals surface area (Å²) in [6, 6.07) is 12.9. The van der Waals surface area contributed by atoms with Gasteiger partial charge in [0.15, 0.2) is 0 Å². The first-order valence-corrected chi connectivity index (χ1v) is 9.84. The Hall–Kier alpha value is -2.20. The second-order valence-corrected chi connectivity index (χ2v) is 7.87. The zero-order chi connectivity index (χ0) is 19.0. The van der Waals surface area contributed by atoms with E-state index in [1.807, 2.05) is 30.0 Å². The smallest absolute Gasteiger partial charge is 0.229 e. The fourth-order valence-electron chi connectivity index (χ4n) is 4.34. The predicted octanol–water partition coefficient (Wildman–Crippen LogP) is 4.93. The third kappa shape index (κ3) is 3.16. The topological polar surface area (TPSA) is 29.5 Å². The monoisotopic (exact) mass is 367 g/mol. The van der Waals surface area contributed by atoms with Crippen molar-refractivity contribution in [3.05, 3.63) is 53.8 Å². The summed E-state index contributed by atoms with van der Waals surface area (Å²) in [6.07, 6.45) is 2.66. The first-order chi connectivity index (χ1) is 13.0. The molecule has 1 amide bonds. The van der Waals surface area contributed by atoms with Crippen molar-refractivity contribution in [3.8, 4) is 11.1 Å². The van der Waals surface area contributed by atoms with Crippen LogP contribution in [0.1, 0.15) is 38.7 Å². The molecule has 2 aromatic carbocycles. The van der Waals surface area contributed by atoms with Gasteiger partial charge in [-0.15, -0.1) is 0 Å². The summed E-state index contributed by atoms with van der Waals surface area (Å²) in [5, 5.41) is 0. The van der Waals surface area contributed by atoms with Gasteiger partial charge in [-0.05, 0) is 60.2 Å². The number of nitrogens with zero attached hydrogens (tertiary/aromatic N) is 1. The predicted molar refractivity (Wildman–Crippen MR) is 105 cm³/mol. The molecule has 2 aromatic rings. The SMILES string of the molecule is CC[C@H](C)C(=O)N1CC2(CCOCC2)c2cc(-c3cccc(F)c3)ccc21. The molecule has 2 aliphatic heterocycles. The van der Waals surface area contributed by atoms with Crippen molar-refractivity contribution in [3.63, 3.8) is 0 Å². The molecule has 1 spiro atoms. The van der Waals surface area contributed by atoms with Crippen molar-refractivity contribution in [1.82, 2.24) is 0 Å². The average molecular weight is 367 g/mol. The van der Waals surface area contributed by atoms with Gasteiger partial charge in [0, 0.05) is 36.8 Å². The van der Waals surface area contributed by atoms with Crippen LogP contribution in [0.3, 0.4) is 0 Å². The van der Waals surface area contributed by atoms with Gasteiger partial charge in [-0.2, -0.15) is 0 Å². The minimum atomic E-state index is -0.234. The highest BCUT2D eigenvalue weighted by Gasteiger charge is 2.46. The Bertz CT molecular complexity index is 857. The Kier molecular flexibility index (Phi) is 4.77. The molecule has 27 heavy (non-hydrogen) atoms. The summed E-state index contributed by atoms with van der Waals surface area (Å²) in [4.78, 5) is 15.0. The first-order valence-electron chi connectivity index (χ1n) is 9.84. The molecule has 1 atom stereocenters. The average Bonchev–Trinajstić information content (AvgIpc) is 3.00. The quantitative estimate of drug-likeness (QED) is 0.769. The molecule has 142 valence electrons. The fourth-order valence-corrected chi connectivity index (χ4v) is 4.34. The van der Waals surface area contributed by atoms with Crippen molar-refractivity contribution in [1.29, 1.82) is 0 Å². The van der Waals surface area contributed by atoms with E-state index < -0.39 is 0 Å². The lowest BCUT2D eigenvalue weighted by Gasteiger charge is -2.34. The van der Waals surface area contributed by atoms with Crippen LogP contribution in [0, 0.1) is 11.7 Å². The number of rotatable bonds is 3. The lowest BCUT2D eigenvalue weighted by Crippen LogP contribution is -2.42. The Balaban J connectivity index is 1.80. The number of carbonyl (C=O) groups is 1. The van der Waals surface area contributed by atoms with Gasteiger partial charge >= 0.3 is 0 Å². The molecule has 1 fully saturated rings. The zero-order valence-corrected chi connectivity index (χ0v) is 16.0. The number of hydrogen-bond donors (Lipinski definition) is 0. The normalized spacial score (nSPS) is 19.1. The van der Waals surface area contributed by atoms with E-state index >= 15 is 0 Å². The van der Waals surface area contributed by atoms with Gasteiger partial charge in [0.05, 0.1) is 0 Å². The standard InChI is InChI=1S/C23H26FNO2/c1-3-16(2)22(26)25-15-23(9-11-27-12-10-23)20-14-18(7-8-21(20)25)17-5-4-6-19(24)13-17/h4-8,13-14,16H,3,9-12,15H2,1-2H3/t16-/m0/s1. The van der Waals surface area contributed by atoms with E-state index in [1.54, 1.807) is 12.1 Å². The molecule has 0 radical (unpaired) electrons. The number of hydrogen-bond acceptors (Lipinski definition) is 2.